The van der Waals surface area contributed by atoms with E-state index in [9.17, 15) is 10.2 Å². The lowest BCUT2D eigenvalue weighted by Crippen LogP contribution is -2.31. The Hall–Kier alpha value is -2.07. The van der Waals surface area contributed by atoms with Crippen LogP contribution in [-0.4, -0.2) is 21.7 Å². The molecule has 3 N–H and O–H groups in total. The number of fused-ring (bicyclic) bond motifs is 1. The minimum atomic E-state index is -0.0832. The number of rotatable bonds is 1. The van der Waals surface area contributed by atoms with Crippen molar-refractivity contribution in [2.45, 2.75) is 19.4 Å². The first-order valence-corrected chi connectivity index (χ1v) is 6.37. The van der Waals surface area contributed by atoms with Crippen molar-refractivity contribution in [1.29, 1.82) is 0 Å². The van der Waals surface area contributed by atoms with Crippen molar-refractivity contribution in [3.63, 3.8) is 0 Å². The van der Waals surface area contributed by atoms with Gasteiger partial charge in [-0.2, -0.15) is 0 Å². The van der Waals surface area contributed by atoms with Crippen molar-refractivity contribution in [2.75, 3.05) is 6.54 Å². The highest BCUT2D eigenvalue weighted by molar-refractivity contribution is 5.49. The Labute approximate surface area is 111 Å². The zero-order chi connectivity index (χ0) is 13.4. The van der Waals surface area contributed by atoms with E-state index in [-0.39, 0.29) is 17.5 Å². The molecule has 3 rings (SSSR count). The SMILES string of the molecule is Cc1cccc(C2NCCc3cc(O)c(O)cc32)n1. The van der Waals surface area contributed by atoms with Crippen molar-refractivity contribution in [1.82, 2.24) is 10.3 Å². The number of aromatic hydroxyl groups is 2. The van der Waals surface area contributed by atoms with E-state index in [0.29, 0.717) is 0 Å². The highest BCUT2D eigenvalue weighted by Crippen LogP contribution is 2.35. The molecule has 1 aromatic carbocycles. The van der Waals surface area contributed by atoms with E-state index in [4.69, 9.17) is 0 Å². The molecule has 1 aliphatic rings. The van der Waals surface area contributed by atoms with Gasteiger partial charge in [0.2, 0.25) is 0 Å². The summed E-state index contributed by atoms with van der Waals surface area (Å²) >= 11 is 0. The summed E-state index contributed by atoms with van der Waals surface area (Å²) in [5.41, 5.74) is 3.95. The summed E-state index contributed by atoms with van der Waals surface area (Å²) in [5.74, 6) is -0.142. The minimum absolute atomic E-state index is 0.0323. The summed E-state index contributed by atoms with van der Waals surface area (Å²) < 4.78 is 0. The molecular weight excluding hydrogens is 240 g/mol. The molecule has 4 nitrogen and oxygen atoms in total. The van der Waals surface area contributed by atoms with E-state index >= 15 is 0 Å². The van der Waals surface area contributed by atoms with E-state index in [1.165, 1.54) is 0 Å². The van der Waals surface area contributed by atoms with Crippen LogP contribution in [0.4, 0.5) is 0 Å². The predicted molar refractivity (Wildman–Crippen MR) is 72.3 cm³/mol. The molecule has 4 heteroatoms. The first-order chi connectivity index (χ1) is 9.15. The van der Waals surface area contributed by atoms with Crippen LogP contribution >= 0.6 is 0 Å². The second-order valence-corrected chi connectivity index (χ2v) is 4.88. The number of phenolic OH excluding ortho intramolecular Hbond substituents is 2. The van der Waals surface area contributed by atoms with Gasteiger partial charge in [-0.05, 0) is 48.7 Å². The topological polar surface area (TPSA) is 65.4 Å². The van der Waals surface area contributed by atoms with Gasteiger partial charge < -0.3 is 15.5 Å². The van der Waals surface area contributed by atoms with E-state index in [1.807, 2.05) is 25.1 Å². The number of benzene rings is 1. The maximum Gasteiger partial charge on any atom is 0.157 e. The first-order valence-electron chi connectivity index (χ1n) is 6.37. The second kappa shape index (κ2) is 4.55. The molecule has 2 heterocycles. The van der Waals surface area contributed by atoms with Gasteiger partial charge in [0, 0.05) is 12.2 Å². The van der Waals surface area contributed by atoms with Crippen molar-refractivity contribution in [3.05, 3.63) is 52.8 Å². The number of aryl methyl sites for hydroxylation is 1. The number of hydrogen-bond acceptors (Lipinski definition) is 4. The molecule has 2 aromatic rings. The maximum absolute atomic E-state index is 9.70. The summed E-state index contributed by atoms with van der Waals surface area (Å²) in [6.45, 7) is 2.79. The van der Waals surface area contributed by atoms with Crippen LogP contribution < -0.4 is 5.32 Å². The fourth-order valence-corrected chi connectivity index (χ4v) is 2.57. The number of hydrogen-bond donors (Lipinski definition) is 3. The van der Waals surface area contributed by atoms with Gasteiger partial charge >= 0.3 is 0 Å². The molecule has 0 spiro atoms. The molecular formula is C15H16N2O2. The summed E-state index contributed by atoms with van der Waals surface area (Å²) in [7, 11) is 0. The third-order valence-corrected chi connectivity index (χ3v) is 3.50. The fourth-order valence-electron chi connectivity index (χ4n) is 2.57. The van der Waals surface area contributed by atoms with E-state index in [1.54, 1.807) is 12.1 Å². The first kappa shape index (κ1) is 12.0. The van der Waals surface area contributed by atoms with Crippen LogP contribution in [0.5, 0.6) is 11.5 Å². The summed E-state index contributed by atoms with van der Waals surface area (Å²) in [5, 5.41) is 22.7. The number of pyridine rings is 1. The average molecular weight is 256 g/mol. The van der Waals surface area contributed by atoms with Gasteiger partial charge in [-0.3, -0.25) is 4.98 Å². The predicted octanol–water partition coefficient (Wildman–Crippen LogP) is 2.04. The van der Waals surface area contributed by atoms with E-state index in [0.717, 1.165) is 35.5 Å². The van der Waals surface area contributed by atoms with Crippen LogP contribution in [0.2, 0.25) is 0 Å². The lowest BCUT2D eigenvalue weighted by Gasteiger charge is -2.27. The third kappa shape index (κ3) is 2.15. The molecule has 19 heavy (non-hydrogen) atoms. The molecule has 98 valence electrons. The third-order valence-electron chi connectivity index (χ3n) is 3.50. The van der Waals surface area contributed by atoms with Crippen molar-refractivity contribution in [3.8, 4) is 11.5 Å². The molecule has 0 saturated carbocycles. The largest absolute Gasteiger partial charge is 0.504 e. The van der Waals surface area contributed by atoms with Crippen LogP contribution in [-0.2, 0) is 6.42 Å². The zero-order valence-corrected chi connectivity index (χ0v) is 10.7. The smallest absolute Gasteiger partial charge is 0.157 e. The lowest BCUT2D eigenvalue weighted by molar-refractivity contribution is 0.400. The molecule has 0 amide bonds. The fraction of sp³-hybridized carbons (Fsp3) is 0.267. The van der Waals surface area contributed by atoms with Crippen molar-refractivity contribution >= 4 is 0 Å². The maximum atomic E-state index is 9.70. The Bertz CT molecular complexity index is 626. The summed E-state index contributed by atoms with van der Waals surface area (Å²) in [6, 6.07) is 9.16. The van der Waals surface area contributed by atoms with Crippen molar-refractivity contribution in [2.24, 2.45) is 0 Å². The molecule has 1 aromatic heterocycles. The van der Waals surface area contributed by atoms with Gasteiger partial charge in [-0.15, -0.1) is 0 Å². The number of nitrogens with zero attached hydrogens (tertiary/aromatic N) is 1. The Morgan fingerprint density at radius 3 is 2.79 bits per heavy atom. The molecule has 0 radical (unpaired) electrons. The monoisotopic (exact) mass is 256 g/mol. The molecule has 1 atom stereocenters. The van der Waals surface area contributed by atoms with Crippen LogP contribution in [0, 0.1) is 6.92 Å². The molecule has 0 fully saturated rings. The Morgan fingerprint density at radius 1 is 1.21 bits per heavy atom. The molecule has 0 bridgehead atoms. The standard InChI is InChI=1S/C15H16N2O2/c1-9-3-2-4-12(17-9)15-11-8-14(19)13(18)7-10(11)5-6-16-15/h2-4,7-8,15-16,18-19H,5-6H2,1H3. The Balaban J connectivity index is 2.10. The highest BCUT2D eigenvalue weighted by Gasteiger charge is 2.24. The molecule has 1 unspecified atom stereocenters. The van der Waals surface area contributed by atoms with Gasteiger partial charge in [0.1, 0.15) is 0 Å². The van der Waals surface area contributed by atoms with Gasteiger partial charge in [0.25, 0.3) is 0 Å². The lowest BCUT2D eigenvalue weighted by atomic mass is 9.91. The Morgan fingerprint density at radius 2 is 2.00 bits per heavy atom. The molecule has 0 saturated heterocycles. The summed E-state index contributed by atoms with van der Waals surface area (Å²) in [4.78, 5) is 4.54. The van der Waals surface area contributed by atoms with Gasteiger partial charge in [0.05, 0.1) is 11.7 Å². The summed E-state index contributed by atoms with van der Waals surface area (Å²) in [6.07, 6.45) is 0.839. The van der Waals surface area contributed by atoms with E-state index < -0.39 is 0 Å². The van der Waals surface area contributed by atoms with Gasteiger partial charge in [0.15, 0.2) is 11.5 Å². The number of phenols is 2. The van der Waals surface area contributed by atoms with Crippen LogP contribution in [0.3, 0.4) is 0 Å². The molecule has 0 aliphatic carbocycles. The van der Waals surface area contributed by atoms with E-state index in [2.05, 4.69) is 10.3 Å². The van der Waals surface area contributed by atoms with Crippen LogP contribution in [0.1, 0.15) is 28.6 Å². The van der Waals surface area contributed by atoms with Gasteiger partial charge in [-0.1, -0.05) is 6.07 Å². The number of nitrogens with one attached hydrogen (secondary N) is 1. The number of aromatic nitrogens is 1. The average Bonchev–Trinajstić information content (AvgIpc) is 2.39. The normalized spacial score (nSPS) is 18.1. The molecule has 1 aliphatic heterocycles. The van der Waals surface area contributed by atoms with Gasteiger partial charge in [-0.25, -0.2) is 0 Å². The van der Waals surface area contributed by atoms with Crippen molar-refractivity contribution < 1.29 is 10.2 Å². The van der Waals surface area contributed by atoms with Crippen LogP contribution in [0.25, 0.3) is 0 Å². The Kier molecular flexibility index (Phi) is 2.87. The zero-order valence-electron chi connectivity index (χ0n) is 10.7. The highest BCUT2D eigenvalue weighted by atomic mass is 16.3. The quantitative estimate of drug-likeness (QED) is 0.683. The second-order valence-electron chi connectivity index (χ2n) is 4.88. The van der Waals surface area contributed by atoms with Crippen LogP contribution in [0.15, 0.2) is 30.3 Å². The minimum Gasteiger partial charge on any atom is -0.504 e.